The van der Waals surface area contributed by atoms with Gasteiger partial charge in [0.15, 0.2) is 5.96 Å². The summed E-state index contributed by atoms with van der Waals surface area (Å²) in [6, 6.07) is 18.7. The van der Waals surface area contributed by atoms with Crippen LogP contribution in [0.3, 0.4) is 0 Å². The number of carbonyl (C=O) groups is 1. The van der Waals surface area contributed by atoms with Crippen LogP contribution < -0.4 is 5.32 Å². The number of carbonyl (C=O) groups excluding carboxylic acids is 1. The summed E-state index contributed by atoms with van der Waals surface area (Å²) in [7, 11) is 2.04. The summed E-state index contributed by atoms with van der Waals surface area (Å²) in [5.74, 6) is 1.10. The SMILES string of the molecule is CCNC(=NCCCC(=O)N1Cc2ccccc2C1)N(C)Cc1ccccc1. The predicted octanol–water partition coefficient (Wildman–Crippen LogP) is 3.41. The Morgan fingerprint density at radius 3 is 2.36 bits per heavy atom. The molecule has 1 N–H and O–H groups in total. The van der Waals surface area contributed by atoms with E-state index in [2.05, 4.69) is 53.5 Å². The van der Waals surface area contributed by atoms with E-state index < -0.39 is 0 Å². The molecule has 148 valence electrons. The van der Waals surface area contributed by atoms with Gasteiger partial charge >= 0.3 is 0 Å². The van der Waals surface area contributed by atoms with Crippen molar-refractivity contribution in [1.29, 1.82) is 0 Å². The number of benzene rings is 2. The van der Waals surface area contributed by atoms with Crippen LogP contribution >= 0.6 is 0 Å². The minimum absolute atomic E-state index is 0.217. The molecule has 0 unspecified atom stereocenters. The lowest BCUT2D eigenvalue weighted by molar-refractivity contribution is -0.131. The molecule has 5 nitrogen and oxygen atoms in total. The molecule has 0 saturated carbocycles. The first kappa shape index (κ1) is 19.9. The van der Waals surface area contributed by atoms with Crippen molar-refractivity contribution < 1.29 is 4.79 Å². The summed E-state index contributed by atoms with van der Waals surface area (Å²) in [5, 5.41) is 3.34. The van der Waals surface area contributed by atoms with E-state index in [4.69, 9.17) is 4.99 Å². The molecule has 0 aromatic heterocycles. The molecule has 0 radical (unpaired) electrons. The standard InChI is InChI=1S/C23H30N4O/c1-3-24-23(26(2)16-19-10-5-4-6-11-19)25-15-9-14-22(28)27-17-20-12-7-8-13-21(20)18-27/h4-8,10-13H,3,9,14-18H2,1-2H3,(H,24,25). The Morgan fingerprint density at radius 1 is 1.07 bits per heavy atom. The number of aliphatic imine (C=N–C) groups is 1. The fourth-order valence-electron chi connectivity index (χ4n) is 3.48. The van der Waals surface area contributed by atoms with Crippen LogP contribution in [0.5, 0.6) is 0 Å². The van der Waals surface area contributed by atoms with Crippen molar-refractivity contribution in [3.05, 3.63) is 71.3 Å². The fourth-order valence-corrected chi connectivity index (χ4v) is 3.48. The van der Waals surface area contributed by atoms with Gasteiger partial charge in [-0.3, -0.25) is 9.79 Å². The molecule has 0 atom stereocenters. The maximum Gasteiger partial charge on any atom is 0.223 e. The van der Waals surface area contributed by atoms with Gasteiger partial charge in [0, 0.05) is 46.2 Å². The van der Waals surface area contributed by atoms with Gasteiger partial charge in [0.1, 0.15) is 0 Å². The molecule has 0 spiro atoms. The third-order valence-corrected chi connectivity index (χ3v) is 4.96. The van der Waals surface area contributed by atoms with Crippen LogP contribution in [0.1, 0.15) is 36.5 Å². The van der Waals surface area contributed by atoms with Crippen molar-refractivity contribution in [2.24, 2.45) is 4.99 Å². The molecule has 1 amide bonds. The summed E-state index contributed by atoms with van der Waals surface area (Å²) in [6.45, 7) is 5.82. The van der Waals surface area contributed by atoms with Gasteiger partial charge in [0.2, 0.25) is 5.91 Å². The molecule has 28 heavy (non-hydrogen) atoms. The number of nitrogens with one attached hydrogen (secondary N) is 1. The van der Waals surface area contributed by atoms with Gasteiger partial charge in [0.25, 0.3) is 0 Å². The van der Waals surface area contributed by atoms with Gasteiger partial charge in [-0.15, -0.1) is 0 Å². The molecule has 5 heteroatoms. The highest BCUT2D eigenvalue weighted by atomic mass is 16.2. The first-order chi connectivity index (χ1) is 13.7. The second-order valence-electron chi connectivity index (χ2n) is 7.20. The van der Waals surface area contributed by atoms with Gasteiger partial charge in [-0.1, -0.05) is 54.6 Å². The molecule has 3 rings (SSSR count). The highest BCUT2D eigenvalue weighted by Crippen LogP contribution is 2.22. The Labute approximate surface area is 168 Å². The number of hydrogen-bond donors (Lipinski definition) is 1. The van der Waals surface area contributed by atoms with Gasteiger partial charge < -0.3 is 15.1 Å². The first-order valence-corrected chi connectivity index (χ1v) is 10.0. The van der Waals surface area contributed by atoms with Crippen molar-refractivity contribution in [3.8, 4) is 0 Å². The van der Waals surface area contributed by atoms with Crippen LogP contribution in [0.15, 0.2) is 59.6 Å². The van der Waals surface area contributed by atoms with Crippen LogP contribution in [0.4, 0.5) is 0 Å². The van der Waals surface area contributed by atoms with E-state index in [9.17, 15) is 4.79 Å². The van der Waals surface area contributed by atoms with E-state index >= 15 is 0 Å². The van der Waals surface area contributed by atoms with E-state index in [1.165, 1.54) is 16.7 Å². The number of guanidine groups is 1. The van der Waals surface area contributed by atoms with E-state index in [1.54, 1.807) is 0 Å². The lowest BCUT2D eigenvalue weighted by Gasteiger charge is -2.22. The summed E-state index contributed by atoms with van der Waals surface area (Å²) >= 11 is 0. The van der Waals surface area contributed by atoms with Crippen molar-refractivity contribution in [3.63, 3.8) is 0 Å². The molecule has 2 aromatic carbocycles. The molecule has 1 aliphatic rings. The molecule has 2 aromatic rings. The van der Waals surface area contributed by atoms with E-state index in [1.807, 2.05) is 30.1 Å². The van der Waals surface area contributed by atoms with E-state index in [0.717, 1.165) is 38.6 Å². The van der Waals surface area contributed by atoms with Crippen LogP contribution in [-0.2, 0) is 24.4 Å². The second kappa shape index (κ2) is 9.93. The van der Waals surface area contributed by atoms with Crippen molar-refractivity contribution in [1.82, 2.24) is 15.1 Å². The maximum absolute atomic E-state index is 12.5. The molecular formula is C23H30N4O. The highest BCUT2D eigenvalue weighted by molar-refractivity contribution is 5.80. The molecular weight excluding hydrogens is 348 g/mol. The average Bonchev–Trinajstić information content (AvgIpc) is 3.15. The van der Waals surface area contributed by atoms with Crippen LogP contribution in [0, 0.1) is 0 Å². The summed E-state index contributed by atoms with van der Waals surface area (Å²) < 4.78 is 0. The number of nitrogens with zero attached hydrogens (tertiary/aromatic N) is 3. The molecule has 0 bridgehead atoms. The lowest BCUT2D eigenvalue weighted by atomic mass is 10.1. The Balaban J connectivity index is 1.47. The molecule has 0 saturated heterocycles. The van der Waals surface area contributed by atoms with Crippen molar-refractivity contribution in [2.75, 3.05) is 20.1 Å². The normalized spacial score (nSPS) is 13.4. The highest BCUT2D eigenvalue weighted by Gasteiger charge is 2.22. The zero-order chi connectivity index (χ0) is 19.8. The van der Waals surface area contributed by atoms with Gasteiger partial charge in [-0.05, 0) is 30.0 Å². The summed E-state index contributed by atoms with van der Waals surface area (Å²) in [4.78, 5) is 21.3. The zero-order valence-corrected chi connectivity index (χ0v) is 16.9. The number of hydrogen-bond acceptors (Lipinski definition) is 2. The second-order valence-corrected chi connectivity index (χ2v) is 7.20. The summed E-state index contributed by atoms with van der Waals surface area (Å²) in [5.41, 5.74) is 3.79. The molecule has 0 fully saturated rings. The minimum atomic E-state index is 0.217. The van der Waals surface area contributed by atoms with Crippen molar-refractivity contribution >= 4 is 11.9 Å². The molecule has 1 aliphatic heterocycles. The van der Waals surface area contributed by atoms with E-state index in [-0.39, 0.29) is 5.91 Å². The molecule has 0 aliphatic carbocycles. The molecule has 1 heterocycles. The van der Waals surface area contributed by atoms with Crippen LogP contribution in [-0.4, -0.2) is 41.8 Å². The Morgan fingerprint density at radius 2 is 1.71 bits per heavy atom. The quantitative estimate of drug-likeness (QED) is 0.456. The maximum atomic E-state index is 12.5. The van der Waals surface area contributed by atoms with Crippen LogP contribution in [0.25, 0.3) is 0 Å². The first-order valence-electron chi connectivity index (χ1n) is 10.0. The Hall–Kier alpha value is -2.82. The van der Waals surface area contributed by atoms with Crippen LogP contribution in [0.2, 0.25) is 0 Å². The average molecular weight is 379 g/mol. The monoisotopic (exact) mass is 378 g/mol. The lowest BCUT2D eigenvalue weighted by Crippen LogP contribution is -2.38. The number of rotatable bonds is 7. The topological polar surface area (TPSA) is 47.9 Å². The Bertz CT molecular complexity index is 778. The predicted molar refractivity (Wildman–Crippen MR) is 114 cm³/mol. The number of amides is 1. The van der Waals surface area contributed by atoms with Gasteiger partial charge in [0.05, 0.1) is 0 Å². The van der Waals surface area contributed by atoms with E-state index in [0.29, 0.717) is 13.0 Å². The fraction of sp³-hybridized carbons (Fsp3) is 0.391. The zero-order valence-electron chi connectivity index (χ0n) is 16.9. The minimum Gasteiger partial charge on any atom is -0.357 e. The third kappa shape index (κ3) is 5.35. The van der Waals surface area contributed by atoms with Gasteiger partial charge in [-0.25, -0.2) is 0 Å². The summed E-state index contributed by atoms with van der Waals surface area (Å²) in [6.07, 6.45) is 1.30. The Kier molecular flexibility index (Phi) is 7.06. The smallest absolute Gasteiger partial charge is 0.223 e. The van der Waals surface area contributed by atoms with Gasteiger partial charge in [-0.2, -0.15) is 0 Å². The third-order valence-electron chi connectivity index (χ3n) is 4.96. The number of fused-ring (bicyclic) bond motifs is 1. The largest absolute Gasteiger partial charge is 0.357 e. The van der Waals surface area contributed by atoms with Crippen molar-refractivity contribution in [2.45, 2.75) is 39.4 Å².